The minimum Gasteiger partial charge on any atom is -0.341 e. The summed E-state index contributed by atoms with van der Waals surface area (Å²) in [6.07, 6.45) is 0.631. The van der Waals surface area contributed by atoms with Crippen LogP contribution >= 0.6 is 0 Å². The Hall–Kier alpha value is -2.59. The molecule has 2 unspecified atom stereocenters. The first-order valence-corrected chi connectivity index (χ1v) is 6.57. The van der Waals surface area contributed by atoms with Gasteiger partial charge in [-0.15, -0.1) is 0 Å². The molecule has 3 rings (SSSR count). The van der Waals surface area contributed by atoms with Gasteiger partial charge in [-0.3, -0.25) is 4.79 Å². The third kappa shape index (κ3) is 1.62. The molecule has 0 radical (unpaired) electrons. The molecular weight excluding hydrogens is 250 g/mol. The van der Waals surface area contributed by atoms with Gasteiger partial charge in [-0.05, 0) is 12.5 Å². The van der Waals surface area contributed by atoms with Crippen LogP contribution in [0.5, 0.6) is 0 Å². The standard InChI is InChI=1S/C16H13N3O/c1-19-13-5-3-2-4-12(13)15-11(9-18)6-10(8-17)7-14(20)16(15)19/h2-5,10-11H,6-7H2,1H3. The normalized spacial score (nSPS) is 21.9. The predicted octanol–water partition coefficient (Wildman–Crippen LogP) is 2.90. The summed E-state index contributed by atoms with van der Waals surface area (Å²) in [6.45, 7) is 0. The Morgan fingerprint density at radius 1 is 1.25 bits per heavy atom. The minimum atomic E-state index is -0.396. The second kappa shape index (κ2) is 4.51. The number of carbonyl (C=O) groups is 1. The van der Waals surface area contributed by atoms with Gasteiger partial charge < -0.3 is 4.57 Å². The minimum absolute atomic E-state index is 0.0389. The first-order chi connectivity index (χ1) is 9.67. The molecule has 1 aliphatic rings. The second-order valence-corrected chi connectivity index (χ2v) is 5.21. The zero-order valence-electron chi connectivity index (χ0n) is 11.1. The number of aromatic nitrogens is 1. The van der Waals surface area contributed by atoms with Crippen LogP contribution in [0.15, 0.2) is 24.3 Å². The highest BCUT2D eigenvalue weighted by molar-refractivity contribution is 6.04. The highest BCUT2D eigenvalue weighted by Crippen LogP contribution is 2.38. The number of ketones is 1. The average molecular weight is 263 g/mol. The fraction of sp³-hybridized carbons (Fsp3) is 0.312. The molecule has 1 aromatic carbocycles. The number of rotatable bonds is 0. The van der Waals surface area contributed by atoms with E-state index < -0.39 is 5.92 Å². The van der Waals surface area contributed by atoms with Gasteiger partial charge in [0.2, 0.25) is 0 Å². The SMILES string of the molecule is Cn1c2c(c3ccccc31)C(C#N)CC(C#N)CC2=O. The van der Waals surface area contributed by atoms with E-state index in [9.17, 15) is 10.1 Å². The van der Waals surface area contributed by atoms with E-state index >= 15 is 0 Å². The molecule has 0 bridgehead atoms. The van der Waals surface area contributed by atoms with E-state index in [1.54, 1.807) is 0 Å². The number of hydrogen-bond acceptors (Lipinski definition) is 3. The average Bonchev–Trinajstić information content (AvgIpc) is 2.68. The van der Waals surface area contributed by atoms with Crippen molar-refractivity contribution < 1.29 is 4.79 Å². The molecular formula is C16H13N3O. The zero-order chi connectivity index (χ0) is 14.3. The summed E-state index contributed by atoms with van der Waals surface area (Å²) in [7, 11) is 1.85. The maximum atomic E-state index is 12.4. The van der Waals surface area contributed by atoms with Gasteiger partial charge in [0.1, 0.15) is 0 Å². The zero-order valence-corrected chi connectivity index (χ0v) is 11.1. The molecule has 1 aliphatic carbocycles. The predicted molar refractivity (Wildman–Crippen MR) is 73.9 cm³/mol. The number of benzene rings is 1. The van der Waals surface area contributed by atoms with Gasteiger partial charge in [0.05, 0.1) is 29.7 Å². The number of nitrogens with zero attached hydrogens (tertiary/aromatic N) is 3. The number of carbonyl (C=O) groups excluding carboxylic acids is 1. The molecule has 20 heavy (non-hydrogen) atoms. The van der Waals surface area contributed by atoms with Crippen molar-refractivity contribution in [2.24, 2.45) is 13.0 Å². The van der Waals surface area contributed by atoms with Gasteiger partial charge in [-0.1, -0.05) is 18.2 Å². The number of aryl methyl sites for hydroxylation is 1. The van der Waals surface area contributed by atoms with E-state index in [1.165, 1.54) is 0 Å². The monoisotopic (exact) mass is 263 g/mol. The third-order valence-electron chi connectivity index (χ3n) is 4.05. The van der Waals surface area contributed by atoms with E-state index in [0.29, 0.717) is 12.1 Å². The lowest BCUT2D eigenvalue weighted by atomic mass is 9.91. The van der Waals surface area contributed by atoms with Gasteiger partial charge in [0.15, 0.2) is 5.78 Å². The Morgan fingerprint density at radius 2 is 2.00 bits per heavy atom. The van der Waals surface area contributed by atoms with Crippen molar-refractivity contribution in [1.82, 2.24) is 4.57 Å². The third-order valence-corrected chi connectivity index (χ3v) is 4.05. The summed E-state index contributed by atoms with van der Waals surface area (Å²) in [5.74, 6) is -0.812. The highest BCUT2D eigenvalue weighted by atomic mass is 16.1. The summed E-state index contributed by atoms with van der Waals surface area (Å²) in [6, 6.07) is 12.2. The number of fused-ring (bicyclic) bond motifs is 3. The van der Waals surface area contributed by atoms with Crippen LogP contribution in [0, 0.1) is 28.6 Å². The fourth-order valence-electron chi connectivity index (χ4n) is 3.13. The number of Topliss-reactive ketones (excluding diaryl/α,β-unsaturated/α-hetero) is 1. The maximum absolute atomic E-state index is 12.4. The Bertz CT molecular complexity index is 788. The van der Waals surface area contributed by atoms with Crippen molar-refractivity contribution >= 4 is 16.7 Å². The first kappa shape index (κ1) is 12.4. The molecule has 0 saturated heterocycles. The highest BCUT2D eigenvalue weighted by Gasteiger charge is 2.33. The molecule has 0 aliphatic heterocycles. The smallest absolute Gasteiger partial charge is 0.180 e. The summed E-state index contributed by atoms with van der Waals surface area (Å²) in [4.78, 5) is 12.4. The fourth-order valence-corrected chi connectivity index (χ4v) is 3.13. The molecule has 0 saturated carbocycles. The molecule has 0 amide bonds. The van der Waals surface area contributed by atoms with Crippen LogP contribution in [-0.2, 0) is 7.05 Å². The van der Waals surface area contributed by atoms with Crippen LogP contribution in [0.3, 0.4) is 0 Å². The van der Waals surface area contributed by atoms with E-state index in [0.717, 1.165) is 16.5 Å². The van der Waals surface area contributed by atoms with Crippen molar-refractivity contribution in [3.63, 3.8) is 0 Å². The van der Waals surface area contributed by atoms with Crippen molar-refractivity contribution in [3.8, 4) is 12.1 Å². The quantitative estimate of drug-likeness (QED) is 0.686. The molecule has 4 nitrogen and oxygen atoms in total. The molecule has 1 heterocycles. The number of para-hydroxylation sites is 1. The summed E-state index contributed by atoms with van der Waals surface area (Å²) >= 11 is 0. The van der Waals surface area contributed by atoms with Crippen molar-refractivity contribution in [2.45, 2.75) is 18.8 Å². The summed E-state index contributed by atoms with van der Waals surface area (Å²) in [5, 5.41) is 19.5. The van der Waals surface area contributed by atoms with Crippen molar-refractivity contribution in [2.75, 3.05) is 0 Å². The van der Waals surface area contributed by atoms with Crippen LogP contribution < -0.4 is 0 Å². The van der Waals surface area contributed by atoms with E-state index in [4.69, 9.17) is 5.26 Å². The van der Waals surface area contributed by atoms with Gasteiger partial charge in [0, 0.05) is 29.9 Å². The molecule has 0 fully saturated rings. The van der Waals surface area contributed by atoms with Gasteiger partial charge in [-0.2, -0.15) is 10.5 Å². The molecule has 98 valence electrons. The molecule has 0 spiro atoms. The lowest BCUT2D eigenvalue weighted by Crippen LogP contribution is -2.09. The lowest BCUT2D eigenvalue weighted by Gasteiger charge is -2.08. The first-order valence-electron chi connectivity index (χ1n) is 6.57. The summed E-state index contributed by atoms with van der Waals surface area (Å²) in [5.41, 5.74) is 2.35. The molecule has 0 N–H and O–H groups in total. The van der Waals surface area contributed by atoms with Crippen LogP contribution in [0.25, 0.3) is 10.9 Å². The van der Waals surface area contributed by atoms with E-state index in [-0.39, 0.29) is 18.1 Å². The van der Waals surface area contributed by atoms with E-state index in [2.05, 4.69) is 12.1 Å². The lowest BCUT2D eigenvalue weighted by molar-refractivity contribution is 0.0965. The van der Waals surface area contributed by atoms with Crippen LogP contribution in [0.4, 0.5) is 0 Å². The van der Waals surface area contributed by atoms with E-state index in [1.807, 2.05) is 35.9 Å². The Balaban J connectivity index is 2.34. The molecule has 4 heteroatoms. The number of nitriles is 2. The van der Waals surface area contributed by atoms with Crippen LogP contribution in [0.2, 0.25) is 0 Å². The topological polar surface area (TPSA) is 69.6 Å². The van der Waals surface area contributed by atoms with Gasteiger partial charge in [0.25, 0.3) is 0 Å². The summed E-state index contributed by atoms with van der Waals surface area (Å²) < 4.78 is 1.86. The van der Waals surface area contributed by atoms with Gasteiger partial charge >= 0.3 is 0 Å². The molecule has 2 atom stereocenters. The molecule has 1 aromatic heterocycles. The Morgan fingerprint density at radius 3 is 2.70 bits per heavy atom. The largest absolute Gasteiger partial charge is 0.341 e. The van der Waals surface area contributed by atoms with Crippen LogP contribution in [0.1, 0.15) is 34.8 Å². The maximum Gasteiger partial charge on any atom is 0.180 e. The van der Waals surface area contributed by atoms with Crippen LogP contribution in [-0.4, -0.2) is 10.4 Å². The molecule has 2 aromatic rings. The second-order valence-electron chi connectivity index (χ2n) is 5.21. The Labute approximate surface area is 116 Å². The number of hydrogen-bond donors (Lipinski definition) is 0. The Kier molecular flexibility index (Phi) is 2.80. The van der Waals surface area contributed by atoms with Gasteiger partial charge in [-0.25, -0.2) is 0 Å². The van der Waals surface area contributed by atoms with Crippen molar-refractivity contribution in [1.29, 1.82) is 10.5 Å². The van der Waals surface area contributed by atoms with Crippen molar-refractivity contribution in [3.05, 3.63) is 35.5 Å².